The molecule has 0 aromatic heterocycles. The second-order valence-electron chi connectivity index (χ2n) is 3.33. The van der Waals surface area contributed by atoms with E-state index in [0.29, 0.717) is 11.6 Å². The second kappa shape index (κ2) is 5.94. The van der Waals surface area contributed by atoms with Gasteiger partial charge in [0.25, 0.3) is 5.91 Å². The highest BCUT2D eigenvalue weighted by atomic mass is 35.5. The topological polar surface area (TPSA) is 69.1 Å². The van der Waals surface area contributed by atoms with Crippen LogP contribution in [-0.2, 0) is 0 Å². The molecule has 0 aliphatic carbocycles. The second-order valence-corrected chi connectivity index (χ2v) is 3.76. The van der Waals surface area contributed by atoms with Crippen molar-refractivity contribution in [3.05, 3.63) is 51.9 Å². The van der Waals surface area contributed by atoms with Gasteiger partial charge in [0.05, 0.1) is 11.3 Å². The van der Waals surface area contributed by atoms with E-state index in [4.69, 9.17) is 17.1 Å². The Hall–Kier alpha value is -1.97. The molecule has 17 heavy (non-hydrogen) atoms. The van der Waals surface area contributed by atoms with Gasteiger partial charge < -0.3 is 4.90 Å². The van der Waals surface area contributed by atoms with E-state index >= 15 is 0 Å². The first-order valence-corrected chi connectivity index (χ1v) is 5.19. The first kappa shape index (κ1) is 13.1. The van der Waals surface area contributed by atoms with Crippen molar-refractivity contribution in [3.63, 3.8) is 0 Å². The fourth-order valence-electron chi connectivity index (χ4n) is 1.30. The molecule has 88 valence electrons. The number of azide groups is 1. The molecule has 0 N–H and O–H groups in total. The van der Waals surface area contributed by atoms with Gasteiger partial charge in [-0.2, -0.15) is 0 Å². The maximum absolute atomic E-state index is 12.0. The average Bonchev–Trinajstić information content (AvgIpc) is 2.31. The third-order valence-corrected chi connectivity index (χ3v) is 2.33. The van der Waals surface area contributed by atoms with Gasteiger partial charge in [-0.1, -0.05) is 28.9 Å². The Morgan fingerprint density at radius 2 is 2.41 bits per heavy atom. The fraction of sp³-hybridized carbons (Fsp3) is 0.182. The first-order valence-electron chi connectivity index (χ1n) is 4.81. The van der Waals surface area contributed by atoms with Gasteiger partial charge >= 0.3 is 0 Å². The van der Waals surface area contributed by atoms with E-state index in [1.54, 1.807) is 19.2 Å². The first-order chi connectivity index (χ1) is 8.10. The van der Waals surface area contributed by atoms with Crippen molar-refractivity contribution in [3.8, 4) is 0 Å². The number of halogens is 1. The zero-order chi connectivity index (χ0) is 12.8. The molecule has 6 heteroatoms. The van der Waals surface area contributed by atoms with E-state index in [1.807, 2.05) is 0 Å². The number of rotatable bonds is 4. The summed E-state index contributed by atoms with van der Waals surface area (Å²) in [5, 5.41) is 3.87. The number of amides is 1. The van der Waals surface area contributed by atoms with E-state index < -0.39 is 0 Å². The van der Waals surface area contributed by atoms with Crippen LogP contribution in [0.4, 0.5) is 5.69 Å². The largest absolute Gasteiger partial charge is 0.338 e. The smallest absolute Gasteiger partial charge is 0.254 e. The van der Waals surface area contributed by atoms with E-state index in [0.717, 1.165) is 0 Å². The van der Waals surface area contributed by atoms with Gasteiger partial charge in [0.2, 0.25) is 0 Å². The molecule has 1 rings (SSSR count). The maximum atomic E-state index is 12.0. The summed E-state index contributed by atoms with van der Waals surface area (Å²) in [4.78, 5) is 16.1. The Morgan fingerprint density at radius 1 is 1.71 bits per heavy atom. The third kappa shape index (κ3) is 3.24. The Morgan fingerprint density at radius 3 is 3.00 bits per heavy atom. The summed E-state index contributed by atoms with van der Waals surface area (Å²) >= 11 is 5.82. The number of hydrogen-bond donors (Lipinski definition) is 0. The number of hydrogen-bond acceptors (Lipinski definition) is 2. The van der Waals surface area contributed by atoms with Gasteiger partial charge in [0.15, 0.2) is 0 Å². The summed E-state index contributed by atoms with van der Waals surface area (Å²) in [6.07, 6.45) is 1.61. The Balaban J connectivity index is 3.18. The molecule has 0 saturated heterocycles. The summed E-state index contributed by atoms with van der Waals surface area (Å²) < 4.78 is 0. The van der Waals surface area contributed by atoms with Crippen LogP contribution in [0.15, 0.2) is 36.0 Å². The predicted octanol–water partition coefficient (Wildman–Crippen LogP) is 3.54. The van der Waals surface area contributed by atoms with Crippen LogP contribution in [0.25, 0.3) is 10.4 Å². The molecule has 1 aromatic rings. The van der Waals surface area contributed by atoms with Crippen molar-refractivity contribution in [2.45, 2.75) is 0 Å². The van der Waals surface area contributed by atoms with Gasteiger partial charge in [-0.05, 0) is 17.7 Å². The normalized spacial score (nSPS) is 9.29. The molecule has 0 fully saturated rings. The van der Waals surface area contributed by atoms with Crippen molar-refractivity contribution in [2.75, 3.05) is 13.6 Å². The molecular formula is C11H11ClN4O. The molecule has 1 aromatic carbocycles. The SMILES string of the molecule is C=CCN(C)C(=O)c1cc(Cl)ccc1N=[N+]=[N-]. The molecule has 0 radical (unpaired) electrons. The molecule has 0 heterocycles. The summed E-state index contributed by atoms with van der Waals surface area (Å²) in [7, 11) is 1.63. The van der Waals surface area contributed by atoms with Crippen LogP contribution >= 0.6 is 11.6 Å². The van der Waals surface area contributed by atoms with Gasteiger partial charge in [-0.3, -0.25) is 4.79 Å². The molecule has 0 bridgehead atoms. The zero-order valence-corrected chi connectivity index (χ0v) is 10.1. The number of carbonyl (C=O) groups is 1. The van der Waals surface area contributed by atoms with Crippen molar-refractivity contribution in [1.82, 2.24) is 4.90 Å². The van der Waals surface area contributed by atoms with Gasteiger partial charge in [0.1, 0.15) is 0 Å². The molecule has 0 spiro atoms. The summed E-state index contributed by atoms with van der Waals surface area (Å²) in [6, 6.07) is 4.56. The van der Waals surface area contributed by atoms with E-state index in [1.165, 1.54) is 17.0 Å². The quantitative estimate of drug-likeness (QED) is 0.349. The van der Waals surface area contributed by atoms with E-state index in [-0.39, 0.29) is 17.2 Å². The van der Waals surface area contributed by atoms with Gasteiger partial charge in [-0.15, -0.1) is 6.58 Å². The molecule has 0 saturated carbocycles. The van der Waals surface area contributed by atoms with E-state index in [9.17, 15) is 4.79 Å². The van der Waals surface area contributed by atoms with Crippen LogP contribution < -0.4 is 0 Å². The van der Waals surface area contributed by atoms with Crippen LogP contribution in [0.2, 0.25) is 5.02 Å². The summed E-state index contributed by atoms with van der Waals surface area (Å²) in [5.74, 6) is -0.269. The monoisotopic (exact) mass is 250 g/mol. The average molecular weight is 251 g/mol. The minimum absolute atomic E-state index is 0.262. The highest BCUT2D eigenvalue weighted by molar-refractivity contribution is 6.31. The summed E-state index contributed by atoms with van der Waals surface area (Å²) in [6.45, 7) is 3.95. The van der Waals surface area contributed by atoms with Gasteiger partial charge in [0, 0.05) is 23.5 Å². The number of likely N-dealkylation sites (N-methyl/N-ethyl adjacent to an activating group) is 1. The van der Waals surface area contributed by atoms with Crippen molar-refractivity contribution >= 4 is 23.2 Å². The lowest BCUT2D eigenvalue weighted by Crippen LogP contribution is -2.26. The van der Waals surface area contributed by atoms with Crippen LogP contribution in [0, 0.1) is 0 Å². The maximum Gasteiger partial charge on any atom is 0.254 e. The lowest BCUT2D eigenvalue weighted by atomic mass is 10.1. The van der Waals surface area contributed by atoms with Crippen LogP contribution in [0.5, 0.6) is 0 Å². The number of benzene rings is 1. The molecule has 5 nitrogen and oxygen atoms in total. The van der Waals surface area contributed by atoms with Gasteiger partial charge in [-0.25, -0.2) is 0 Å². The third-order valence-electron chi connectivity index (χ3n) is 2.09. The Kier molecular flexibility index (Phi) is 4.57. The fourth-order valence-corrected chi connectivity index (χ4v) is 1.47. The highest BCUT2D eigenvalue weighted by Gasteiger charge is 2.14. The minimum Gasteiger partial charge on any atom is -0.338 e. The zero-order valence-electron chi connectivity index (χ0n) is 9.30. The van der Waals surface area contributed by atoms with E-state index in [2.05, 4.69) is 16.6 Å². The molecule has 0 aliphatic heterocycles. The number of nitrogens with zero attached hydrogens (tertiary/aromatic N) is 4. The molecule has 1 amide bonds. The molecule has 0 atom stereocenters. The van der Waals surface area contributed by atoms with Crippen LogP contribution in [0.3, 0.4) is 0 Å². The van der Waals surface area contributed by atoms with Crippen molar-refractivity contribution in [1.29, 1.82) is 0 Å². The van der Waals surface area contributed by atoms with Crippen LogP contribution in [0.1, 0.15) is 10.4 Å². The van der Waals surface area contributed by atoms with Crippen molar-refractivity contribution < 1.29 is 4.79 Å². The summed E-state index contributed by atoms with van der Waals surface area (Å²) in [5.41, 5.74) is 8.96. The van der Waals surface area contributed by atoms with Crippen LogP contribution in [-0.4, -0.2) is 24.4 Å². The molecular weight excluding hydrogens is 240 g/mol. The highest BCUT2D eigenvalue weighted by Crippen LogP contribution is 2.24. The lowest BCUT2D eigenvalue weighted by Gasteiger charge is -2.16. The molecule has 0 aliphatic rings. The lowest BCUT2D eigenvalue weighted by molar-refractivity contribution is 0.0811. The van der Waals surface area contributed by atoms with Crippen molar-refractivity contribution in [2.24, 2.45) is 5.11 Å². The Bertz CT molecular complexity index is 494. The minimum atomic E-state index is -0.269. The molecule has 0 unspecified atom stereocenters. The number of carbonyl (C=O) groups excluding carboxylic acids is 1. The standard InChI is InChI=1S/C11H11ClN4O/c1-3-6-16(2)11(17)9-7-8(12)4-5-10(9)14-15-13/h3-5,7H,1,6H2,2H3. The Labute approximate surface area is 104 Å². The predicted molar refractivity (Wildman–Crippen MR) is 67.4 cm³/mol.